The van der Waals surface area contributed by atoms with E-state index < -0.39 is 5.56 Å². The molecule has 0 N–H and O–H groups in total. The fourth-order valence-electron chi connectivity index (χ4n) is 2.81. The molecule has 0 saturated heterocycles. The molecular formula is C22H17N3O3S. The number of nitrogens with zero attached hydrogens (tertiary/aromatic N) is 3. The van der Waals surface area contributed by atoms with Crippen molar-refractivity contribution in [3.8, 4) is 5.75 Å². The number of benzene rings is 2. The highest BCUT2D eigenvalue weighted by Gasteiger charge is 2.11. The van der Waals surface area contributed by atoms with Crippen LogP contribution in [0.4, 0.5) is 0 Å². The highest BCUT2D eigenvalue weighted by molar-refractivity contribution is 7.15. The van der Waals surface area contributed by atoms with Crippen molar-refractivity contribution in [3.63, 3.8) is 0 Å². The minimum absolute atomic E-state index is 0.249. The minimum atomic E-state index is -0.412. The molecule has 4 rings (SSSR count). The maximum atomic E-state index is 12.8. The average molecular weight is 403 g/mol. The first kappa shape index (κ1) is 18.8. The second kappa shape index (κ2) is 8.20. The smallest absolute Gasteiger partial charge is 0.296 e. The molecule has 0 fully saturated rings. The van der Waals surface area contributed by atoms with Crippen LogP contribution in [0.15, 0.2) is 76.8 Å². The molecule has 2 heterocycles. The van der Waals surface area contributed by atoms with Crippen molar-refractivity contribution in [3.05, 3.63) is 109 Å². The summed E-state index contributed by atoms with van der Waals surface area (Å²) in [6, 6.07) is 16.9. The fourth-order valence-corrected chi connectivity index (χ4v) is 3.71. The van der Waals surface area contributed by atoms with Crippen molar-refractivity contribution in [1.29, 1.82) is 0 Å². The largest absolute Gasteiger partial charge is 0.490 e. The van der Waals surface area contributed by atoms with Gasteiger partial charge in [-0.1, -0.05) is 66.5 Å². The molecule has 0 aliphatic heterocycles. The SMILES string of the molecule is C=CCOc1ccc(C=c2sc3nc(=O)c(Cc4ccccc4)nn3c2=O)cc1. The van der Waals surface area contributed by atoms with Gasteiger partial charge >= 0.3 is 0 Å². The highest BCUT2D eigenvalue weighted by Crippen LogP contribution is 2.13. The molecule has 0 aliphatic rings. The summed E-state index contributed by atoms with van der Waals surface area (Å²) in [4.78, 5) is 29.4. The van der Waals surface area contributed by atoms with Crippen LogP contribution in [0.2, 0.25) is 0 Å². The Morgan fingerprint density at radius 3 is 2.55 bits per heavy atom. The Morgan fingerprint density at radius 2 is 1.83 bits per heavy atom. The topological polar surface area (TPSA) is 73.6 Å². The van der Waals surface area contributed by atoms with E-state index in [2.05, 4.69) is 16.7 Å². The van der Waals surface area contributed by atoms with Gasteiger partial charge in [0, 0.05) is 6.42 Å². The lowest BCUT2D eigenvalue weighted by molar-refractivity contribution is 0.363. The third-order valence-electron chi connectivity index (χ3n) is 4.21. The summed E-state index contributed by atoms with van der Waals surface area (Å²) < 4.78 is 7.12. The van der Waals surface area contributed by atoms with Crippen LogP contribution in [0.1, 0.15) is 16.8 Å². The van der Waals surface area contributed by atoms with E-state index in [1.54, 1.807) is 12.2 Å². The lowest BCUT2D eigenvalue weighted by atomic mass is 10.1. The first-order chi connectivity index (χ1) is 14.1. The Hall–Kier alpha value is -3.58. The number of fused-ring (bicyclic) bond motifs is 1. The molecule has 2 aromatic carbocycles. The van der Waals surface area contributed by atoms with Gasteiger partial charge in [0.25, 0.3) is 11.1 Å². The van der Waals surface area contributed by atoms with Crippen molar-refractivity contribution < 1.29 is 4.74 Å². The molecule has 2 aromatic heterocycles. The summed E-state index contributed by atoms with van der Waals surface area (Å²) >= 11 is 1.14. The normalized spacial score (nSPS) is 11.7. The summed E-state index contributed by atoms with van der Waals surface area (Å²) in [5.74, 6) is 0.722. The van der Waals surface area contributed by atoms with E-state index in [1.807, 2.05) is 54.6 Å². The molecule has 6 nitrogen and oxygen atoms in total. The summed E-state index contributed by atoms with van der Waals surface area (Å²) in [6.07, 6.45) is 3.76. The molecule has 0 saturated carbocycles. The second-order valence-corrected chi connectivity index (χ2v) is 7.31. The summed E-state index contributed by atoms with van der Waals surface area (Å²) in [5, 5.41) is 4.27. The molecule has 4 aromatic rings. The van der Waals surface area contributed by atoms with Crippen molar-refractivity contribution in [1.82, 2.24) is 14.6 Å². The highest BCUT2D eigenvalue weighted by atomic mass is 32.1. The number of hydrogen-bond acceptors (Lipinski definition) is 6. The van der Waals surface area contributed by atoms with Gasteiger partial charge in [-0.2, -0.15) is 14.6 Å². The Morgan fingerprint density at radius 1 is 1.07 bits per heavy atom. The maximum absolute atomic E-state index is 12.8. The van der Waals surface area contributed by atoms with Crippen LogP contribution >= 0.6 is 11.3 Å². The number of aromatic nitrogens is 3. The second-order valence-electron chi connectivity index (χ2n) is 6.30. The third-order valence-corrected chi connectivity index (χ3v) is 5.17. The molecule has 0 amide bonds. The number of rotatable bonds is 6. The quantitative estimate of drug-likeness (QED) is 0.462. The van der Waals surface area contributed by atoms with Crippen molar-refractivity contribution >= 4 is 22.4 Å². The summed E-state index contributed by atoms with van der Waals surface area (Å²) in [7, 11) is 0. The van der Waals surface area contributed by atoms with E-state index in [0.29, 0.717) is 17.6 Å². The van der Waals surface area contributed by atoms with Crippen LogP contribution in [-0.4, -0.2) is 21.2 Å². The van der Waals surface area contributed by atoms with Crippen LogP contribution in [0.3, 0.4) is 0 Å². The van der Waals surface area contributed by atoms with E-state index in [9.17, 15) is 9.59 Å². The zero-order valence-corrected chi connectivity index (χ0v) is 16.3. The molecule has 0 aliphatic carbocycles. The number of hydrogen-bond donors (Lipinski definition) is 0. The monoisotopic (exact) mass is 403 g/mol. The third kappa shape index (κ3) is 4.14. The Kier molecular flexibility index (Phi) is 5.31. The van der Waals surface area contributed by atoms with Gasteiger partial charge in [-0.15, -0.1) is 0 Å². The van der Waals surface area contributed by atoms with Crippen LogP contribution in [0, 0.1) is 0 Å². The Labute approximate surface area is 170 Å². The zero-order chi connectivity index (χ0) is 20.2. The predicted octanol–water partition coefficient (Wildman–Crippen LogP) is 2.21. The predicted molar refractivity (Wildman–Crippen MR) is 114 cm³/mol. The Balaban J connectivity index is 1.70. The van der Waals surface area contributed by atoms with E-state index >= 15 is 0 Å². The van der Waals surface area contributed by atoms with E-state index in [0.717, 1.165) is 28.2 Å². The van der Waals surface area contributed by atoms with Crippen molar-refractivity contribution in [2.75, 3.05) is 6.61 Å². The summed E-state index contributed by atoms with van der Waals surface area (Å²) in [6.45, 7) is 4.05. The molecule has 7 heteroatoms. The number of thiazole rings is 1. The van der Waals surface area contributed by atoms with Gasteiger partial charge in [0.1, 0.15) is 18.1 Å². The first-order valence-electron chi connectivity index (χ1n) is 8.96. The van der Waals surface area contributed by atoms with E-state index in [4.69, 9.17) is 4.74 Å². The number of ether oxygens (including phenoxy) is 1. The average Bonchev–Trinajstić information content (AvgIpc) is 3.03. The molecule has 0 spiro atoms. The first-order valence-corrected chi connectivity index (χ1v) is 9.78. The van der Waals surface area contributed by atoms with Gasteiger partial charge in [-0.05, 0) is 29.3 Å². The van der Waals surface area contributed by atoms with Gasteiger partial charge < -0.3 is 4.74 Å². The molecule has 0 bridgehead atoms. The minimum Gasteiger partial charge on any atom is -0.490 e. The van der Waals surface area contributed by atoms with Crippen LogP contribution in [0.25, 0.3) is 11.0 Å². The molecular weight excluding hydrogens is 386 g/mol. The molecule has 0 unspecified atom stereocenters. The Bertz CT molecular complexity index is 1330. The fraction of sp³-hybridized carbons (Fsp3) is 0.0909. The van der Waals surface area contributed by atoms with Gasteiger partial charge in [0.05, 0.1) is 4.53 Å². The van der Waals surface area contributed by atoms with Crippen LogP contribution in [-0.2, 0) is 6.42 Å². The van der Waals surface area contributed by atoms with Gasteiger partial charge in [-0.25, -0.2) is 0 Å². The lowest BCUT2D eigenvalue weighted by Gasteiger charge is -2.02. The maximum Gasteiger partial charge on any atom is 0.296 e. The lowest BCUT2D eigenvalue weighted by Crippen LogP contribution is -2.28. The molecule has 0 atom stereocenters. The zero-order valence-electron chi connectivity index (χ0n) is 15.4. The van der Waals surface area contributed by atoms with Crippen LogP contribution < -0.4 is 20.4 Å². The van der Waals surface area contributed by atoms with Crippen molar-refractivity contribution in [2.45, 2.75) is 6.42 Å². The van der Waals surface area contributed by atoms with E-state index in [1.165, 1.54) is 4.52 Å². The molecule has 0 radical (unpaired) electrons. The van der Waals surface area contributed by atoms with Gasteiger partial charge in [-0.3, -0.25) is 9.59 Å². The van der Waals surface area contributed by atoms with Gasteiger partial charge in [0.2, 0.25) is 4.96 Å². The van der Waals surface area contributed by atoms with E-state index in [-0.39, 0.29) is 16.2 Å². The molecule has 29 heavy (non-hydrogen) atoms. The van der Waals surface area contributed by atoms with Crippen molar-refractivity contribution in [2.24, 2.45) is 0 Å². The molecule has 144 valence electrons. The van der Waals surface area contributed by atoms with Gasteiger partial charge in [0.15, 0.2) is 0 Å². The standard InChI is InChI=1S/C22H17N3O3S/c1-2-12-28-17-10-8-16(9-11-17)14-19-21(27)25-22(29-19)23-20(26)18(24-25)13-15-6-4-3-5-7-15/h2-11,14H,1,12-13H2. The van der Waals surface area contributed by atoms with Crippen LogP contribution in [0.5, 0.6) is 5.75 Å². The summed E-state index contributed by atoms with van der Waals surface area (Å²) in [5.41, 5.74) is 1.32.